The maximum absolute atomic E-state index is 12.5. The van der Waals surface area contributed by atoms with Crippen LogP contribution in [0.4, 0.5) is 5.69 Å². The number of hydrogen-bond donors (Lipinski definition) is 1. The van der Waals surface area contributed by atoms with E-state index in [0.717, 1.165) is 16.6 Å². The van der Waals surface area contributed by atoms with Crippen LogP contribution in [0.1, 0.15) is 10.4 Å². The van der Waals surface area contributed by atoms with Gasteiger partial charge in [0.25, 0.3) is 0 Å². The summed E-state index contributed by atoms with van der Waals surface area (Å²) in [4.78, 5) is 12.5. The van der Waals surface area contributed by atoms with Gasteiger partial charge in [-0.3, -0.25) is 4.79 Å². The highest BCUT2D eigenvalue weighted by Crippen LogP contribution is 2.19. The first-order valence-corrected chi connectivity index (χ1v) is 7.20. The molecule has 3 rings (SSSR count). The molecule has 2 aromatic carbocycles. The first kappa shape index (κ1) is 14.6. The fraction of sp³-hybridized carbons (Fsp3) is 0.0526. The number of aromatic nitrogens is 1. The number of aryl methyl sites for hydroxylation is 1. The average Bonchev–Trinajstić information content (AvgIpc) is 2.97. The van der Waals surface area contributed by atoms with E-state index in [-0.39, 0.29) is 11.4 Å². The highest BCUT2D eigenvalue weighted by atomic mass is 16.1. The molecule has 0 atom stereocenters. The van der Waals surface area contributed by atoms with Crippen molar-refractivity contribution >= 4 is 22.4 Å². The standard InChI is InChI=1S/C19H15N3O/c1-22-10-9-14-11-15(7-8-18(14)22)19(23)16(12-20)13-21-17-5-3-2-4-6-17/h2-11,13,21H,1H3/b16-13+. The molecule has 1 heterocycles. The van der Waals surface area contributed by atoms with Crippen molar-refractivity contribution in [3.8, 4) is 6.07 Å². The fourth-order valence-corrected chi connectivity index (χ4v) is 2.42. The minimum atomic E-state index is -0.290. The molecule has 0 aliphatic heterocycles. The van der Waals surface area contributed by atoms with Crippen molar-refractivity contribution in [2.45, 2.75) is 0 Å². The molecule has 4 nitrogen and oxygen atoms in total. The molecule has 0 unspecified atom stereocenters. The second-order valence-electron chi connectivity index (χ2n) is 5.21. The summed E-state index contributed by atoms with van der Waals surface area (Å²) >= 11 is 0. The largest absolute Gasteiger partial charge is 0.360 e. The summed E-state index contributed by atoms with van der Waals surface area (Å²) in [5, 5.41) is 13.2. The Morgan fingerprint density at radius 3 is 2.70 bits per heavy atom. The third-order valence-corrected chi connectivity index (χ3v) is 3.67. The Bertz CT molecular complexity index is 930. The number of fused-ring (bicyclic) bond motifs is 1. The number of anilines is 1. The van der Waals surface area contributed by atoms with Gasteiger partial charge in [-0.15, -0.1) is 0 Å². The zero-order valence-corrected chi connectivity index (χ0v) is 12.7. The van der Waals surface area contributed by atoms with Gasteiger partial charge in [-0.2, -0.15) is 5.26 Å². The second-order valence-corrected chi connectivity index (χ2v) is 5.21. The summed E-state index contributed by atoms with van der Waals surface area (Å²) in [5.41, 5.74) is 2.45. The number of nitrogens with zero attached hydrogens (tertiary/aromatic N) is 2. The monoisotopic (exact) mass is 301 g/mol. The van der Waals surface area contributed by atoms with Gasteiger partial charge < -0.3 is 9.88 Å². The molecule has 112 valence electrons. The summed E-state index contributed by atoms with van der Waals surface area (Å²) in [6, 6.07) is 18.8. The normalized spacial score (nSPS) is 11.2. The zero-order valence-electron chi connectivity index (χ0n) is 12.7. The highest BCUT2D eigenvalue weighted by molar-refractivity contribution is 6.12. The number of nitriles is 1. The lowest BCUT2D eigenvalue weighted by molar-refractivity contribution is 0.103. The van der Waals surface area contributed by atoms with Crippen molar-refractivity contribution in [1.82, 2.24) is 4.57 Å². The van der Waals surface area contributed by atoms with Crippen LogP contribution in [0.2, 0.25) is 0 Å². The molecule has 0 amide bonds. The van der Waals surface area contributed by atoms with Gasteiger partial charge in [-0.1, -0.05) is 18.2 Å². The van der Waals surface area contributed by atoms with E-state index in [1.54, 1.807) is 6.07 Å². The zero-order chi connectivity index (χ0) is 16.2. The van der Waals surface area contributed by atoms with E-state index in [4.69, 9.17) is 0 Å². The van der Waals surface area contributed by atoms with Crippen molar-refractivity contribution in [1.29, 1.82) is 5.26 Å². The van der Waals surface area contributed by atoms with E-state index >= 15 is 0 Å². The van der Waals surface area contributed by atoms with Crippen LogP contribution in [0.3, 0.4) is 0 Å². The van der Waals surface area contributed by atoms with Crippen LogP contribution in [-0.4, -0.2) is 10.4 Å². The van der Waals surface area contributed by atoms with Crippen LogP contribution in [-0.2, 0) is 7.05 Å². The van der Waals surface area contributed by atoms with Crippen LogP contribution in [0, 0.1) is 11.3 Å². The predicted octanol–water partition coefficient (Wildman–Crippen LogP) is 3.88. The predicted molar refractivity (Wildman–Crippen MR) is 91.0 cm³/mol. The molecule has 4 heteroatoms. The van der Waals surface area contributed by atoms with Crippen LogP contribution >= 0.6 is 0 Å². The van der Waals surface area contributed by atoms with Crippen molar-refractivity contribution in [2.24, 2.45) is 7.05 Å². The molecule has 0 aliphatic rings. The van der Waals surface area contributed by atoms with E-state index < -0.39 is 0 Å². The molecule has 0 saturated heterocycles. The van der Waals surface area contributed by atoms with Gasteiger partial charge in [0.15, 0.2) is 0 Å². The lowest BCUT2D eigenvalue weighted by Crippen LogP contribution is -2.04. The fourth-order valence-electron chi connectivity index (χ4n) is 2.42. The van der Waals surface area contributed by atoms with Gasteiger partial charge in [0.1, 0.15) is 11.6 Å². The summed E-state index contributed by atoms with van der Waals surface area (Å²) in [5.74, 6) is -0.290. The molecule has 1 N–H and O–H groups in total. The van der Waals surface area contributed by atoms with Crippen LogP contribution in [0.5, 0.6) is 0 Å². The average molecular weight is 301 g/mol. The third-order valence-electron chi connectivity index (χ3n) is 3.67. The van der Waals surface area contributed by atoms with Crippen LogP contribution < -0.4 is 5.32 Å². The molecule has 0 saturated carbocycles. The number of carbonyl (C=O) groups is 1. The summed E-state index contributed by atoms with van der Waals surface area (Å²) in [6.45, 7) is 0. The minimum Gasteiger partial charge on any atom is -0.360 e. The van der Waals surface area contributed by atoms with Crippen molar-refractivity contribution < 1.29 is 4.79 Å². The van der Waals surface area contributed by atoms with Gasteiger partial charge in [0, 0.05) is 41.6 Å². The summed E-state index contributed by atoms with van der Waals surface area (Å²) in [7, 11) is 1.95. The Kier molecular flexibility index (Phi) is 3.94. The Morgan fingerprint density at radius 2 is 1.96 bits per heavy atom. The quantitative estimate of drug-likeness (QED) is 0.452. The first-order valence-electron chi connectivity index (χ1n) is 7.20. The summed E-state index contributed by atoms with van der Waals surface area (Å²) in [6.07, 6.45) is 3.39. The molecule has 0 spiro atoms. The van der Waals surface area contributed by atoms with Crippen molar-refractivity contribution in [3.05, 3.63) is 78.1 Å². The molecule has 0 radical (unpaired) electrons. The van der Waals surface area contributed by atoms with Crippen LogP contribution in [0.15, 0.2) is 72.6 Å². The maximum Gasteiger partial charge on any atom is 0.205 e. The third kappa shape index (κ3) is 2.99. The van der Waals surface area contributed by atoms with Gasteiger partial charge >= 0.3 is 0 Å². The number of carbonyl (C=O) groups excluding carboxylic acids is 1. The lowest BCUT2D eigenvalue weighted by atomic mass is 10.0. The number of hydrogen-bond acceptors (Lipinski definition) is 3. The number of nitrogens with one attached hydrogen (secondary N) is 1. The number of Topliss-reactive ketones (excluding diaryl/α,β-unsaturated/α-hetero) is 1. The Morgan fingerprint density at radius 1 is 1.17 bits per heavy atom. The molecule has 3 aromatic rings. The number of para-hydroxylation sites is 1. The Labute approximate surface area is 134 Å². The van der Waals surface area contributed by atoms with E-state index in [1.807, 2.05) is 72.4 Å². The van der Waals surface area contributed by atoms with Gasteiger partial charge in [0.2, 0.25) is 5.78 Å². The molecule has 0 fully saturated rings. The van der Waals surface area contributed by atoms with E-state index in [9.17, 15) is 10.1 Å². The number of rotatable bonds is 4. The second kappa shape index (κ2) is 6.20. The minimum absolute atomic E-state index is 0.0733. The smallest absolute Gasteiger partial charge is 0.205 e. The SMILES string of the molecule is Cn1ccc2cc(C(=O)/C(C#N)=C/Nc3ccccc3)ccc21. The van der Waals surface area contributed by atoms with Crippen molar-refractivity contribution in [2.75, 3.05) is 5.32 Å². The molecular weight excluding hydrogens is 286 g/mol. The molecule has 0 bridgehead atoms. The van der Waals surface area contributed by atoms with Gasteiger partial charge in [-0.25, -0.2) is 0 Å². The van der Waals surface area contributed by atoms with E-state index in [2.05, 4.69) is 5.32 Å². The molecule has 23 heavy (non-hydrogen) atoms. The maximum atomic E-state index is 12.5. The molecule has 0 aliphatic carbocycles. The topological polar surface area (TPSA) is 57.8 Å². The van der Waals surface area contributed by atoms with Crippen molar-refractivity contribution in [3.63, 3.8) is 0 Å². The van der Waals surface area contributed by atoms with E-state index in [0.29, 0.717) is 5.56 Å². The highest BCUT2D eigenvalue weighted by Gasteiger charge is 2.13. The summed E-state index contributed by atoms with van der Waals surface area (Å²) < 4.78 is 1.99. The van der Waals surface area contributed by atoms with Crippen LogP contribution in [0.25, 0.3) is 10.9 Å². The Hall–Kier alpha value is -3.32. The number of ketones is 1. The first-order chi connectivity index (χ1) is 11.2. The molecule has 1 aromatic heterocycles. The van der Waals surface area contributed by atoms with Gasteiger partial charge in [0.05, 0.1) is 0 Å². The van der Waals surface area contributed by atoms with E-state index in [1.165, 1.54) is 6.20 Å². The lowest BCUT2D eigenvalue weighted by Gasteiger charge is -2.03. The Balaban J connectivity index is 1.88. The molecular formula is C19H15N3O. The number of allylic oxidation sites excluding steroid dienone is 1. The number of benzene rings is 2. The van der Waals surface area contributed by atoms with Gasteiger partial charge in [-0.05, 0) is 36.4 Å².